The Hall–Kier alpha value is -2.68. The maximum absolute atomic E-state index is 13.8. The summed E-state index contributed by atoms with van der Waals surface area (Å²) in [7, 11) is 0. The first-order valence-corrected chi connectivity index (χ1v) is 9.62. The molecule has 4 rings (SSSR count). The number of benzene rings is 1. The minimum atomic E-state index is -4.76. The quantitative estimate of drug-likeness (QED) is 0.765. The molecule has 1 aromatic heterocycles. The van der Waals surface area contributed by atoms with E-state index in [1.54, 1.807) is 4.90 Å². The van der Waals surface area contributed by atoms with Crippen LogP contribution in [0.2, 0.25) is 0 Å². The molecule has 0 N–H and O–H groups in total. The number of aromatic nitrogens is 2. The van der Waals surface area contributed by atoms with Gasteiger partial charge in [0.2, 0.25) is 5.95 Å². The molecule has 0 spiro atoms. The topological polar surface area (TPSA) is 58.6 Å². The van der Waals surface area contributed by atoms with E-state index in [2.05, 4.69) is 9.97 Å². The van der Waals surface area contributed by atoms with E-state index < -0.39 is 23.3 Å². The highest BCUT2D eigenvalue weighted by atomic mass is 19.4. The number of fused-ring (bicyclic) bond motifs is 1. The number of hydrogen-bond donors (Lipinski definition) is 0. The second-order valence-electron chi connectivity index (χ2n) is 7.07. The molecule has 2 aliphatic heterocycles. The molecular weight excluding hydrogens is 385 g/mol. The first kappa shape index (κ1) is 19.6. The molecule has 0 saturated carbocycles. The summed E-state index contributed by atoms with van der Waals surface area (Å²) >= 11 is 0. The molecule has 1 amide bonds. The fourth-order valence-electron chi connectivity index (χ4n) is 3.71. The van der Waals surface area contributed by atoms with Crippen molar-refractivity contribution in [3.63, 3.8) is 0 Å². The van der Waals surface area contributed by atoms with E-state index in [0.29, 0.717) is 19.8 Å². The molecule has 0 atom stereocenters. The van der Waals surface area contributed by atoms with E-state index >= 15 is 0 Å². The van der Waals surface area contributed by atoms with Gasteiger partial charge >= 0.3 is 6.18 Å². The Kier molecular flexibility index (Phi) is 5.40. The van der Waals surface area contributed by atoms with Crippen molar-refractivity contribution in [3.05, 3.63) is 47.3 Å². The zero-order valence-electron chi connectivity index (χ0n) is 15.8. The van der Waals surface area contributed by atoms with Gasteiger partial charge in [0.15, 0.2) is 5.69 Å². The summed E-state index contributed by atoms with van der Waals surface area (Å²) in [5.41, 5.74) is 0.146. The number of hydrogen-bond acceptors (Lipinski definition) is 5. The number of nitrogens with zero attached hydrogens (tertiary/aromatic N) is 4. The van der Waals surface area contributed by atoms with Gasteiger partial charge in [0.1, 0.15) is 0 Å². The van der Waals surface area contributed by atoms with Crippen LogP contribution in [0.3, 0.4) is 0 Å². The third kappa shape index (κ3) is 4.05. The summed E-state index contributed by atoms with van der Waals surface area (Å²) in [4.78, 5) is 23.7. The molecule has 0 radical (unpaired) electrons. The first-order valence-electron chi connectivity index (χ1n) is 9.62. The number of carbonyl (C=O) groups excluding carboxylic acids is 1. The van der Waals surface area contributed by atoms with Crippen LogP contribution >= 0.6 is 0 Å². The van der Waals surface area contributed by atoms with E-state index in [0.717, 1.165) is 36.7 Å². The molecule has 1 aromatic carbocycles. The van der Waals surface area contributed by atoms with Gasteiger partial charge in [-0.15, -0.1) is 0 Å². The first-order chi connectivity index (χ1) is 13.9. The van der Waals surface area contributed by atoms with Crippen LogP contribution in [0.25, 0.3) is 0 Å². The lowest BCUT2D eigenvalue weighted by Gasteiger charge is -2.28. The van der Waals surface area contributed by atoms with E-state index in [1.165, 1.54) is 4.90 Å². The number of ether oxygens (including phenoxy) is 1. The average Bonchev–Trinajstić information content (AvgIpc) is 2.95. The number of halogens is 3. The molecule has 1 saturated heterocycles. The van der Waals surface area contributed by atoms with Crippen LogP contribution in [0.15, 0.2) is 30.5 Å². The van der Waals surface area contributed by atoms with Crippen LogP contribution < -0.4 is 4.90 Å². The van der Waals surface area contributed by atoms with Crippen LogP contribution in [-0.4, -0.2) is 53.6 Å². The lowest BCUT2D eigenvalue weighted by molar-refractivity contribution is -0.141. The number of morpholine rings is 1. The van der Waals surface area contributed by atoms with Gasteiger partial charge in [-0.3, -0.25) is 4.79 Å². The highest BCUT2D eigenvalue weighted by Gasteiger charge is 2.40. The summed E-state index contributed by atoms with van der Waals surface area (Å²) in [5.74, 6) is -0.756. The number of aryl methyl sites for hydroxylation is 1. The van der Waals surface area contributed by atoms with E-state index in [9.17, 15) is 18.0 Å². The fourth-order valence-corrected chi connectivity index (χ4v) is 3.71. The SMILES string of the molecule is O=C(c1cnc(N2CCCCc3ccccc32)nc1C(F)(F)F)N1CCOCC1. The molecule has 6 nitrogen and oxygen atoms in total. The number of rotatable bonds is 2. The molecule has 29 heavy (non-hydrogen) atoms. The fraction of sp³-hybridized carbons (Fsp3) is 0.450. The lowest BCUT2D eigenvalue weighted by atomic mass is 10.1. The predicted molar refractivity (Wildman–Crippen MR) is 100 cm³/mol. The number of amides is 1. The van der Waals surface area contributed by atoms with Crippen molar-refractivity contribution in [1.82, 2.24) is 14.9 Å². The summed E-state index contributed by atoms with van der Waals surface area (Å²) in [6.45, 7) is 1.62. The van der Waals surface area contributed by atoms with Crippen LogP contribution in [0.4, 0.5) is 24.8 Å². The largest absolute Gasteiger partial charge is 0.434 e. The third-order valence-corrected chi connectivity index (χ3v) is 5.17. The minimum Gasteiger partial charge on any atom is -0.378 e. The van der Waals surface area contributed by atoms with Crippen molar-refractivity contribution >= 4 is 17.5 Å². The van der Waals surface area contributed by atoms with Crippen molar-refractivity contribution in [3.8, 4) is 0 Å². The molecule has 0 aliphatic carbocycles. The van der Waals surface area contributed by atoms with Gasteiger partial charge < -0.3 is 14.5 Å². The highest BCUT2D eigenvalue weighted by molar-refractivity contribution is 5.95. The molecular formula is C20H21F3N4O2. The zero-order valence-corrected chi connectivity index (χ0v) is 15.8. The molecule has 2 aliphatic rings. The van der Waals surface area contributed by atoms with Crippen LogP contribution in [0.5, 0.6) is 0 Å². The number of carbonyl (C=O) groups is 1. The van der Waals surface area contributed by atoms with E-state index in [-0.39, 0.29) is 19.0 Å². The predicted octanol–water partition coefficient (Wildman–Crippen LogP) is 3.44. The van der Waals surface area contributed by atoms with Crippen molar-refractivity contribution in [1.29, 1.82) is 0 Å². The van der Waals surface area contributed by atoms with Crippen molar-refractivity contribution in [2.45, 2.75) is 25.4 Å². The molecule has 0 bridgehead atoms. The standard InChI is InChI=1S/C20H21F3N4O2/c21-20(22,23)17-15(18(28)26-9-11-29-12-10-26)13-24-19(25-17)27-8-4-3-6-14-5-1-2-7-16(14)27/h1-2,5,7,13H,3-4,6,8-12H2. The van der Waals surface area contributed by atoms with Gasteiger partial charge in [-0.2, -0.15) is 13.2 Å². The Morgan fingerprint density at radius 1 is 1.07 bits per heavy atom. The number of anilines is 2. The second kappa shape index (κ2) is 7.98. The van der Waals surface area contributed by atoms with Gasteiger partial charge in [0.25, 0.3) is 5.91 Å². The van der Waals surface area contributed by atoms with Crippen molar-refractivity contribution in [2.24, 2.45) is 0 Å². The van der Waals surface area contributed by atoms with Gasteiger partial charge in [-0.25, -0.2) is 9.97 Å². The molecule has 154 valence electrons. The zero-order chi connectivity index (χ0) is 20.4. The lowest BCUT2D eigenvalue weighted by Crippen LogP contribution is -2.41. The second-order valence-corrected chi connectivity index (χ2v) is 7.07. The minimum absolute atomic E-state index is 0.0368. The van der Waals surface area contributed by atoms with Gasteiger partial charge in [0.05, 0.1) is 18.8 Å². The smallest absolute Gasteiger partial charge is 0.378 e. The third-order valence-electron chi connectivity index (χ3n) is 5.17. The summed E-state index contributed by atoms with van der Waals surface area (Å²) in [6.07, 6.45) is -1.15. The molecule has 9 heteroatoms. The van der Waals surface area contributed by atoms with E-state index in [4.69, 9.17) is 4.74 Å². The van der Waals surface area contributed by atoms with E-state index in [1.807, 2.05) is 24.3 Å². The monoisotopic (exact) mass is 406 g/mol. The average molecular weight is 406 g/mol. The van der Waals surface area contributed by atoms with Crippen LogP contribution in [0.1, 0.15) is 34.5 Å². The Morgan fingerprint density at radius 3 is 2.59 bits per heavy atom. The molecule has 0 unspecified atom stereocenters. The van der Waals surface area contributed by atoms with Crippen LogP contribution in [-0.2, 0) is 17.3 Å². The van der Waals surface area contributed by atoms with Gasteiger partial charge in [-0.05, 0) is 30.9 Å². The maximum Gasteiger partial charge on any atom is 0.434 e. The van der Waals surface area contributed by atoms with Crippen LogP contribution in [0, 0.1) is 0 Å². The Labute approximate surface area is 166 Å². The molecule has 3 heterocycles. The Balaban J connectivity index is 1.74. The van der Waals surface area contributed by atoms with Crippen molar-refractivity contribution < 1.29 is 22.7 Å². The summed E-state index contributed by atoms with van der Waals surface area (Å²) in [5, 5.41) is 0. The van der Waals surface area contributed by atoms with Gasteiger partial charge in [0, 0.05) is 31.5 Å². The molecule has 1 fully saturated rings. The molecule has 2 aromatic rings. The maximum atomic E-state index is 13.8. The Bertz CT molecular complexity index is 898. The van der Waals surface area contributed by atoms with Gasteiger partial charge in [-0.1, -0.05) is 18.2 Å². The highest BCUT2D eigenvalue weighted by Crippen LogP contribution is 2.35. The normalized spacial score (nSPS) is 17.6. The summed E-state index contributed by atoms with van der Waals surface area (Å²) < 4.78 is 46.6. The number of alkyl halides is 3. The number of para-hydroxylation sites is 1. The Morgan fingerprint density at radius 2 is 1.83 bits per heavy atom. The summed E-state index contributed by atoms with van der Waals surface area (Å²) in [6, 6.07) is 7.59. The van der Waals surface area contributed by atoms with Crippen molar-refractivity contribution in [2.75, 3.05) is 37.7 Å².